The van der Waals surface area contributed by atoms with Crippen molar-refractivity contribution in [2.45, 2.75) is 50.9 Å². The molecule has 2 heterocycles. The van der Waals surface area contributed by atoms with Gasteiger partial charge in [-0.05, 0) is 22.3 Å². The van der Waals surface area contributed by atoms with E-state index in [1.807, 2.05) is 0 Å². The number of rotatable bonds is 5. The summed E-state index contributed by atoms with van der Waals surface area (Å²) in [6.07, 6.45) is 2.02. The number of nitrogens with zero attached hydrogens (tertiary/aromatic N) is 1. The van der Waals surface area contributed by atoms with Crippen molar-refractivity contribution in [3.05, 3.63) is 72.3 Å². The lowest BCUT2D eigenvalue weighted by atomic mass is 9.98. The van der Waals surface area contributed by atoms with Gasteiger partial charge in [-0.3, -0.25) is 4.90 Å². The average molecular weight is 410 g/mol. The summed E-state index contributed by atoms with van der Waals surface area (Å²) in [5.41, 5.74) is 1.01. The smallest absolute Gasteiger partial charge is 0.261 e. The molecule has 0 aliphatic carbocycles. The van der Waals surface area contributed by atoms with E-state index in [2.05, 4.69) is 99.3 Å². The van der Waals surface area contributed by atoms with Gasteiger partial charge in [0.15, 0.2) is 0 Å². The van der Waals surface area contributed by atoms with E-state index in [9.17, 15) is 4.39 Å². The first-order valence-electron chi connectivity index (χ1n) is 10.6. The van der Waals surface area contributed by atoms with E-state index in [-0.39, 0.29) is 10.6 Å². The van der Waals surface area contributed by atoms with Crippen molar-refractivity contribution in [2.24, 2.45) is 0 Å². The summed E-state index contributed by atoms with van der Waals surface area (Å²) in [5.74, 6) is 0. The Labute approximate surface area is 175 Å². The van der Waals surface area contributed by atoms with Crippen molar-refractivity contribution in [1.29, 1.82) is 0 Å². The highest BCUT2D eigenvalue weighted by molar-refractivity contribution is 6.99. The van der Waals surface area contributed by atoms with Crippen molar-refractivity contribution < 1.29 is 8.82 Å². The summed E-state index contributed by atoms with van der Waals surface area (Å²) in [6.45, 7) is 10.9. The van der Waals surface area contributed by atoms with E-state index in [4.69, 9.17) is 4.43 Å². The van der Waals surface area contributed by atoms with Crippen LogP contribution in [0.5, 0.6) is 0 Å². The SMILES string of the molecule is CC1=C[C@@]2(CO[Si](c3ccccc3)(c3ccccc3)C(C)(C)C)C[C@@H](F)CN2C1. The van der Waals surface area contributed by atoms with Crippen molar-refractivity contribution in [1.82, 2.24) is 4.90 Å². The summed E-state index contributed by atoms with van der Waals surface area (Å²) in [5, 5.41) is 2.48. The second-order valence-corrected chi connectivity index (χ2v) is 14.0. The molecule has 2 nitrogen and oxygen atoms in total. The van der Waals surface area contributed by atoms with Crippen LogP contribution in [0.1, 0.15) is 34.1 Å². The van der Waals surface area contributed by atoms with Gasteiger partial charge in [-0.25, -0.2) is 4.39 Å². The molecule has 2 aliphatic rings. The van der Waals surface area contributed by atoms with E-state index < -0.39 is 14.5 Å². The minimum atomic E-state index is -2.60. The molecule has 1 saturated heterocycles. The second-order valence-electron chi connectivity index (χ2n) is 9.73. The van der Waals surface area contributed by atoms with Gasteiger partial charge in [-0.1, -0.05) is 93.1 Å². The Bertz CT molecular complexity index is 837. The second kappa shape index (κ2) is 7.49. The van der Waals surface area contributed by atoms with Gasteiger partial charge in [0.25, 0.3) is 8.32 Å². The van der Waals surface area contributed by atoms with Gasteiger partial charge >= 0.3 is 0 Å². The quantitative estimate of drug-likeness (QED) is 0.539. The van der Waals surface area contributed by atoms with Crippen molar-refractivity contribution in [2.75, 3.05) is 19.7 Å². The van der Waals surface area contributed by atoms with Gasteiger partial charge < -0.3 is 4.43 Å². The van der Waals surface area contributed by atoms with Gasteiger partial charge in [-0.15, -0.1) is 0 Å². The van der Waals surface area contributed by atoms with Gasteiger partial charge in [-0.2, -0.15) is 0 Å². The van der Waals surface area contributed by atoms with Crippen molar-refractivity contribution in [3.63, 3.8) is 0 Å². The fourth-order valence-corrected chi connectivity index (χ4v) is 9.98. The van der Waals surface area contributed by atoms with Crippen LogP contribution in [0.2, 0.25) is 5.04 Å². The lowest BCUT2D eigenvalue weighted by Crippen LogP contribution is -2.68. The minimum Gasteiger partial charge on any atom is -0.405 e. The van der Waals surface area contributed by atoms with Crippen molar-refractivity contribution >= 4 is 18.7 Å². The van der Waals surface area contributed by atoms with Crippen LogP contribution in [0.3, 0.4) is 0 Å². The highest BCUT2D eigenvalue weighted by Gasteiger charge is 2.54. The predicted molar refractivity (Wildman–Crippen MR) is 121 cm³/mol. The fourth-order valence-electron chi connectivity index (χ4n) is 5.36. The van der Waals surface area contributed by atoms with Gasteiger partial charge in [0.2, 0.25) is 0 Å². The summed E-state index contributed by atoms with van der Waals surface area (Å²) >= 11 is 0. The van der Waals surface area contributed by atoms with Crippen LogP contribution in [0.25, 0.3) is 0 Å². The molecule has 0 aromatic heterocycles. The van der Waals surface area contributed by atoms with Crippen LogP contribution in [-0.2, 0) is 4.43 Å². The van der Waals surface area contributed by atoms with Crippen molar-refractivity contribution in [3.8, 4) is 0 Å². The van der Waals surface area contributed by atoms with Gasteiger partial charge in [0.1, 0.15) is 6.17 Å². The molecule has 4 rings (SSSR count). The zero-order chi connectivity index (χ0) is 20.7. The molecule has 2 atom stereocenters. The molecule has 154 valence electrons. The highest BCUT2D eigenvalue weighted by atomic mass is 28.4. The number of benzene rings is 2. The molecule has 2 aromatic rings. The molecule has 0 amide bonds. The highest BCUT2D eigenvalue weighted by Crippen LogP contribution is 2.42. The maximum atomic E-state index is 14.4. The zero-order valence-corrected chi connectivity index (χ0v) is 19.0. The first kappa shape index (κ1) is 20.5. The molecule has 0 radical (unpaired) electrons. The third-order valence-corrected chi connectivity index (χ3v) is 11.5. The first-order chi connectivity index (χ1) is 13.8. The Morgan fingerprint density at radius 3 is 2.10 bits per heavy atom. The average Bonchev–Trinajstić information content (AvgIpc) is 3.13. The maximum absolute atomic E-state index is 14.4. The molecule has 29 heavy (non-hydrogen) atoms. The number of alkyl halides is 1. The normalized spacial score (nSPS) is 25.1. The molecular weight excluding hydrogens is 377 g/mol. The number of fused-ring (bicyclic) bond motifs is 1. The van der Waals surface area contributed by atoms with E-state index in [0.717, 1.165) is 6.54 Å². The molecule has 0 saturated carbocycles. The third kappa shape index (κ3) is 3.52. The molecule has 4 heteroatoms. The van der Waals surface area contributed by atoms with Crippen LogP contribution in [-0.4, -0.2) is 44.6 Å². The van der Waals surface area contributed by atoms with Crippen LogP contribution >= 0.6 is 0 Å². The van der Waals surface area contributed by atoms with Crippen LogP contribution in [0.15, 0.2) is 72.3 Å². The molecule has 2 aliphatic heterocycles. The summed E-state index contributed by atoms with van der Waals surface area (Å²) in [4.78, 5) is 2.28. The molecular formula is C25H32FNOSi. The predicted octanol–water partition coefficient (Wildman–Crippen LogP) is 4.31. The van der Waals surface area contributed by atoms with Crippen LogP contribution < -0.4 is 10.4 Å². The maximum Gasteiger partial charge on any atom is 0.261 e. The standard InChI is InChI=1S/C25H32FNOSi/c1-20-15-25(16-21(26)18-27(25)17-20)19-28-29(24(2,3)4,22-11-7-5-8-12-22)23-13-9-6-10-14-23/h5-15,21H,16-19H2,1-4H3/t21-,25+/m1/s1. The Balaban J connectivity index is 1.79. The monoisotopic (exact) mass is 409 g/mol. The van der Waals surface area contributed by atoms with E-state index in [1.54, 1.807) is 0 Å². The Hall–Kier alpha value is -1.75. The molecule has 0 unspecified atom stereocenters. The number of hydrogen-bond acceptors (Lipinski definition) is 2. The summed E-state index contributed by atoms with van der Waals surface area (Å²) in [7, 11) is -2.60. The van der Waals surface area contributed by atoms with E-state index >= 15 is 0 Å². The third-order valence-electron chi connectivity index (χ3n) is 6.53. The fraction of sp³-hybridized carbons (Fsp3) is 0.440. The van der Waals surface area contributed by atoms with Crippen LogP contribution in [0.4, 0.5) is 4.39 Å². The Morgan fingerprint density at radius 1 is 1.03 bits per heavy atom. The topological polar surface area (TPSA) is 12.5 Å². The Kier molecular flexibility index (Phi) is 5.30. The number of hydrogen-bond donors (Lipinski definition) is 0. The molecule has 0 N–H and O–H groups in total. The molecule has 0 bridgehead atoms. The van der Waals surface area contributed by atoms with Gasteiger partial charge in [0.05, 0.1) is 12.1 Å². The van der Waals surface area contributed by atoms with E-state index in [0.29, 0.717) is 19.6 Å². The summed E-state index contributed by atoms with van der Waals surface area (Å²) < 4.78 is 21.5. The lowest BCUT2D eigenvalue weighted by Gasteiger charge is -2.45. The van der Waals surface area contributed by atoms with Gasteiger partial charge in [0, 0.05) is 19.5 Å². The lowest BCUT2D eigenvalue weighted by molar-refractivity contribution is 0.131. The number of halogens is 1. The van der Waals surface area contributed by atoms with Crippen LogP contribution in [0, 0.1) is 0 Å². The molecule has 1 fully saturated rings. The van der Waals surface area contributed by atoms with E-state index in [1.165, 1.54) is 15.9 Å². The largest absolute Gasteiger partial charge is 0.405 e. The zero-order valence-electron chi connectivity index (χ0n) is 18.0. The first-order valence-corrected chi connectivity index (χ1v) is 12.5. The molecule has 2 aromatic carbocycles. The molecule has 0 spiro atoms. The minimum absolute atomic E-state index is 0.0672. The summed E-state index contributed by atoms with van der Waals surface area (Å²) in [6, 6.07) is 21.4. The Morgan fingerprint density at radius 2 is 1.59 bits per heavy atom.